The van der Waals surface area contributed by atoms with Crippen LogP contribution in [-0.2, 0) is 17.1 Å². The Morgan fingerprint density at radius 3 is 0.615 bits per heavy atom. The van der Waals surface area contributed by atoms with Gasteiger partial charge in [-0.3, -0.25) is 0 Å². The molecule has 2 rings (SSSR count). The van der Waals surface area contributed by atoms with E-state index in [0.717, 1.165) is 0 Å². The molecule has 0 atom stereocenters. The van der Waals surface area contributed by atoms with Crippen molar-refractivity contribution in [3.05, 3.63) is 6.42 Å². The van der Waals surface area contributed by atoms with E-state index in [9.17, 15) is 0 Å². The molecular formula is C12H21Fe+2. The van der Waals surface area contributed by atoms with Gasteiger partial charge in [0.05, 0.1) is 0 Å². The summed E-state index contributed by atoms with van der Waals surface area (Å²) in [6.07, 6.45) is 24.0. The number of hydrogen-bond donors (Lipinski definition) is 0. The van der Waals surface area contributed by atoms with Crippen LogP contribution in [0.5, 0.6) is 0 Å². The molecule has 2 fully saturated rings. The molecule has 1 heteroatoms. The largest absolute Gasteiger partial charge is 3.00 e. The summed E-state index contributed by atoms with van der Waals surface area (Å²) in [4.78, 5) is 0. The van der Waals surface area contributed by atoms with Gasteiger partial charge in [0.2, 0.25) is 0 Å². The Morgan fingerprint density at radius 1 is 0.462 bits per heavy atom. The molecule has 0 aromatic rings. The van der Waals surface area contributed by atoms with Gasteiger partial charge in [0.15, 0.2) is 0 Å². The number of hydrogen-bond acceptors (Lipinski definition) is 0. The quantitative estimate of drug-likeness (QED) is 0.328. The summed E-state index contributed by atoms with van der Waals surface area (Å²) in [5.74, 6) is 0. The first-order valence-corrected chi connectivity index (χ1v) is 5.29. The maximum Gasteiger partial charge on any atom is 3.00 e. The van der Waals surface area contributed by atoms with E-state index >= 15 is 0 Å². The van der Waals surface area contributed by atoms with Gasteiger partial charge in [0.25, 0.3) is 0 Å². The second-order valence-electron chi connectivity index (χ2n) is 3.54. The van der Waals surface area contributed by atoms with E-state index in [0.29, 0.717) is 0 Å². The van der Waals surface area contributed by atoms with Gasteiger partial charge in [-0.15, -0.1) is 0 Å². The van der Waals surface area contributed by atoms with Crippen LogP contribution >= 0.6 is 0 Å². The van der Waals surface area contributed by atoms with Crippen LogP contribution in [0.4, 0.5) is 0 Å². The van der Waals surface area contributed by atoms with E-state index in [2.05, 4.69) is 6.42 Å². The van der Waals surface area contributed by atoms with Crippen LogP contribution in [0.25, 0.3) is 0 Å². The van der Waals surface area contributed by atoms with Crippen LogP contribution in [0.1, 0.15) is 64.2 Å². The Balaban J connectivity index is 0. The fraction of sp³-hybridized carbons (Fsp3) is 0.833. The molecule has 2 aliphatic rings. The van der Waals surface area contributed by atoms with Gasteiger partial charge in [-0.1, -0.05) is 64.2 Å². The smallest absolute Gasteiger partial charge is 0.697 e. The zero-order valence-corrected chi connectivity index (χ0v) is 9.61. The minimum atomic E-state index is 0. The van der Waals surface area contributed by atoms with Crippen molar-refractivity contribution >= 4 is 0 Å². The van der Waals surface area contributed by atoms with Crippen molar-refractivity contribution in [1.29, 1.82) is 0 Å². The van der Waals surface area contributed by atoms with Crippen molar-refractivity contribution in [2.75, 3.05) is 0 Å². The zero-order chi connectivity index (χ0) is 9.07. The van der Waals surface area contributed by atoms with Gasteiger partial charge in [-0.05, 0) is 0 Å². The summed E-state index contributed by atoms with van der Waals surface area (Å²) in [5, 5.41) is 0. The standard InChI is InChI=1S/2C5H10.C2H.Fe/c2*1-2-4-5-3-1;1-2;/h2*1-5H2;1H;/q;;-1;+3. The van der Waals surface area contributed by atoms with Gasteiger partial charge in [0.1, 0.15) is 0 Å². The van der Waals surface area contributed by atoms with E-state index < -0.39 is 0 Å². The summed E-state index contributed by atoms with van der Waals surface area (Å²) >= 11 is 0. The molecule has 75 valence electrons. The van der Waals surface area contributed by atoms with Crippen LogP contribution in [0.3, 0.4) is 0 Å². The monoisotopic (exact) mass is 221 g/mol. The van der Waals surface area contributed by atoms with Crippen molar-refractivity contribution in [2.45, 2.75) is 64.2 Å². The maximum atomic E-state index is 5.25. The molecule has 0 aromatic heterocycles. The summed E-state index contributed by atoms with van der Waals surface area (Å²) in [5.41, 5.74) is 0. The second kappa shape index (κ2) is 14.6. The molecule has 0 unspecified atom stereocenters. The Labute approximate surface area is 94.3 Å². The Morgan fingerprint density at radius 2 is 0.538 bits per heavy atom. The first kappa shape index (κ1) is 15.5. The van der Waals surface area contributed by atoms with Crippen LogP contribution in [-0.4, -0.2) is 0 Å². The first-order valence-electron chi connectivity index (χ1n) is 5.29. The molecule has 0 amide bonds. The van der Waals surface area contributed by atoms with E-state index in [-0.39, 0.29) is 17.1 Å². The Hall–Kier alpha value is 0.0795. The minimum absolute atomic E-state index is 0. The summed E-state index contributed by atoms with van der Waals surface area (Å²) in [7, 11) is 0. The van der Waals surface area contributed by atoms with Crippen LogP contribution < -0.4 is 0 Å². The summed E-state index contributed by atoms with van der Waals surface area (Å²) in [6, 6.07) is 0. The molecule has 0 aromatic carbocycles. The molecule has 0 heterocycles. The molecule has 1 radical (unpaired) electrons. The van der Waals surface area contributed by atoms with Crippen molar-refractivity contribution in [1.82, 2.24) is 0 Å². The van der Waals surface area contributed by atoms with E-state index in [4.69, 9.17) is 6.42 Å². The van der Waals surface area contributed by atoms with Crippen LogP contribution in [0.2, 0.25) is 0 Å². The average Bonchev–Trinajstić information content (AvgIpc) is 2.87. The second-order valence-corrected chi connectivity index (χ2v) is 3.54. The first-order chi connectivity index (χ1) is 6.00. The van der Waals surface area contributed by atoms with E-state index in [1.54, 1.807) is 0 Å². The predicted molar refractivity (Wildman–Crippen MR) is 54.4 cm³/mol. The van der Waals surface area contributed by atoms with Crippen LogP contribution in [0.15, 0.2) is 0 Å². The Bertz CT molecular complexity index is 63.3. The maximum absolute atomic E-state index is 5.25. The molecule has 2 saturated carbocycles. The van der Waals surface area contributed by atoms with Crippen molar-refractivity contribution in [3.8, 4) is 6.42 Å². The minimum Gasteiger partial charge on any atom is -0.697 e. The van der Waals surface area contributed by atoms with Crippen molar-refractivity contribution in [2.24, 2.45) is 0 Å². The van der Waals surface area contributed by atoms with Crippen molar-refractivity contribution < 1.29 is 17.1 Å². The van der Waals surface area contributed by atoms with E-state index in [1.807, 2.05) is 0 Å². The fourth-order valence-corrected chi connectivity index (χ4v) is 1.77. The molecule has 0 nitrogen and oxygen atoms in total. The molecule has 0 N–H and O–H groups in total. The SMILES string of the molecule is C1CCCC1.C1CCCC1.[C-]#C.[Fe+3]. The van der Waals surface area contributed by atoms with Gasteiger partial charge < -0.3 is 12.8 Å². The molecule has 0 aliphatic heterocycles. The number of rotatable bonds is 0. The molecule has 0 spiro atoms. The summed E-state index contributed by atoms with van der Waals surface area (Å²) < 4.78 is 0. The summed E-state index contributed by atoms with van der Waals surface area (Å²) in [6.45, 7) is 0. The normalized spacial score (nSPS) is 18.6. The molecule has 2 aliphatic carbocycles. The fourth-order valence-electron chi connectivity index (χ4n) is 1.77. The molecule has 13 heavy (non-hydrogen) atoms. The molecule has 0 bridgehead atoms. The van der Waals surface area contributed by atoms with Gasteiger partial charge in [0, 0.05) is 0 Å². The topological polar surface area (TPSA) is 0 Å². The third-order valence-electron chi connectivity index (χ3n) is 2.50. The predicted octanol–water partition coefficient (Wildman–Crippen LogP) is 4.10. The average molecular weight is 221 g/mol. The third kappa shape index (κ3) is 12.1. The molecule has 0 saturated heterocycles. The Kier molecular flexibility index (Phi) is 17.5. The third-order valence-corrected chi connectivity index (χ3v) is 2.50. The van der Waals surface area contributed by atoms with Crippen LogP contribution in [0, 0.1) is 12.8 Å². The van der Waals surface area contributed by atoms with Gasteiger partial charge >= 0.3 is 17.1 Å². The van der Waals surface area contributed by atoms with Gasteiger partial charge in [-0.2, -0.15) is 0 Å². The number of terminal acetylenes is 1. The van der Waals surface area contributed by atoms with Gasteiger partial charge in [-0.25, -0.2) is 0 Å². The zero-order valence-electron chi connectivity index (χ0n) is 8.50. The van der Waals surface area contributed by atoms with Crippen molar-refractivity contribution in [3.63, 3.8) is 0 Å². The molecular weight excluding hydrogens is 200 g/mol. The van der Waals surface area contributed by atoms with E-state index in [1.165, 1.54) is 64.2 Å².